The zero-order chi connectivity index (χ0) is 21.4. The molecule has 0 aliphatic carbocycles. The highest BCUT2D eigenvalue weighted by molar-refractivity contribution is 14.0. The Morgan fingerprint density at radius 2 is 1.60 bits per heavy atom. The molecule has 0 saturated carbocycles. The van der Waals surface area contributed by atoms with Crippen molar-refractivity contribution in [1.29, 1.82) is 0 Å². The van der Waals surface area contributed by atoms with E-state index in [2.05, 4.69) is 20.4 Å². The summed E-state index contributed by atoms with van der Waals surface area (Å²) in [7, 11) is 0. The Labute approximate surface area is 186 Å². The highest BCUT2D eigenvalue weighted by Crippen LogP contribution is 2.23. The summed E-state index contributed by atoms with van der Waals surface area (Å²) in [6.07, 6.45) is -4.76. The molecule has 0 radical (unpaired) electrons. The minimum atomic E-state index is -4.76. The maximum Gasteiger partial charge on any atom is 0.573 e. The number of guanidine groups is 1. The fraction of sp³-hybridized carbons (Fsp3) is 0.167. The standard InChI is InChI=1S/C18H18F3N5O3.HI/c19-18(20,21)29-14-7-5-13(6-8-14)26-17(23)25-9-11-1-3-12(4-2-11)16(28)24-10-15(22)27;/h1-8H,9-10H2,(H2,22,27)(H,24,28)(H3,23,25,26);1H. The number of hydrogen-bond acceptors (Lipinski definition) is 4. The van der Waals surface area contributed by atoms with Crippen LogP contribution in [0.2, 0.25) is 0 Å². The van der Waals surface area contributed by atoms with E-state index in [9.17, 15) is 22.8 Å². The highest BCUT2D eigenvalue weighted by atomic mass is 127. The Kier molecular flexibility index (Phi) is 9.36. The van der Waals surface area contributed by atoms with Gasteiger partial charge in [0.15, 0.2) is 5.96 Å². The van der Waals surface area contributed by atoms with Crippen molar-refractivity contribution in [1.82, 2.24) is 5.32 Å². The lowest BCUT2D eigenvalue weighted by atomic mass is 10.1. The van der Waals surface area contributed by atoms with Crippen LogP contribution in [0.5, 0.6) is 5.75 Å². The lowest BCUT2D eigenvalue weighted by Crippen LogP contribution is -2.33. The third kappa shape index (κ3) is 8.98. The van der Waals surface area contributed by atoms with Crippen molar-refractivity contribution in [3.05, 3.63) is 59.7 Å². The first-order valence-electron chi connectivity index (χ1n) is 8.20. The molecule has 2 aromatic rings. The van der Waals surface area contributed by atoms with Crippen LogP contribution in [-0.4, -0.2) is 30.7 Å². The molecular formula is C18H19F3IN5O3. The average molecular weight is 537 g/mol. The van der Waals surface area contributed by atoms with E-state index in [0.717, 1.165) is 17.7 Å². The van der Waals surface area contributed by atoms with Crippen LogP contribution in [0.25, 0.3) is 0 Å². The molecule has 2 amide bonds. The SMILES string of the molecule is I.NC(=O)CNC(=O)c1ccc(CN=C(N)Nc2ccc(OC(F)(F)F)cc2)cc1. The van der Waals surface area contributed by atoms with Gasteiger partial charge in [0.1, 0.15) is 5.75 Å². The number of aliphatic imine (C=N–C) groups is 1. The molecule has 0 aliphatic rings. The number of benzene rings is 2. The number of ether oxygens (including phenoxy) is 1. The molecule has 0 saturated heterocycles. The zero-order valence-corrected chi connectivity index (χ0v) is 17.7. The number of amides is 2. The number of hydrogen-bond donors (Lipinski definition) is 4. The summed E-state index contributed by atoms with van der Waals surface area (Å²) in [4.78, 5) is 26.6. The number of carbonyl (C=O) groups is 2. The van der Waals surface area contributed by atoms with Gasteiger partial charge in [0.05, 0.1) is 13.1 Å². The number of alkyl halides is 3. The number of nitrogens with zero attached hydrogens (tertiary/aromatic N) is 1. The second kappa shape index (κ2) is 11.2. The van der Waals surface area contributed by atoms with Gasteiger partial charge in [0, 0.05) is 11.3 Å². The van der Waals surface area contributed by atoms with Crippen LogP contribution in [0.4, 0.5) is 18.9 Å². The minimum absolute atomic E-state index is 0. The molecule has 0 bridgehead atoms. The van der Waals surface area contributed by atoms with Crippen LogP contribution >= 0.6 is 24.0 Å². The van der Waals surface area contributed by atoms with Gasteiger partial charge in [0.25, 0.3) is 5.91 Å². The second-order valence-corrected chi connectivity index (χ2v) is 5.74. The van der Waals surface area contributed by atoms with Gasteiger partial charge in [-0.15, -0.1) is 37.1 Å². The molecule has 0 aliphatic heterocycles. The van der Waals surface area contributed by atoms with Crippen molar-refractivity contribution >= 4 is 47.4 Å². The summed E-state index contributed by atoms with van der Waals surface area (Å²) in [6, 6.07) is 11.5. The number of nitrogens with two attached hydrogens (primary N) is 2. The molecular weight excluding hydrogens is 518 g/mol. The van der Waals surface area contributed by atoms with Crippen LogP contribution in [0.1, 0.15) is 15.9 Å². The third-order valence-corrected chi connectivity index (χ3v) is 3.43. The third-order valence-electron chi connectivity index (χ3n) is 3.43. The molecule has 30 heavy (non-hydrogen) atoms. The topological polar surface area (TPSA) is 132 Å². The largest absolute Gasteiger partial charge is 0.573 e. The molecule has 2 aromatic carbocycles. The van der Waals surface area contributed by atoms with Gasteiger partial charge in [-0.2, -0.15) is 0 Å². The molecule has 0 atom stereocenters. The molecule has 6 N–H and O–H groups in total. The molecule has 0 unspecified atom stereocenters. The number of halogens is 4. The van der Waals surface area contributed by atoms with E-state index in [4.69, 9.17) is 11.5 Å². The van der Waals surface area contributed by atoms with Gasteiger partial charge < -0.3 is 26.8 Å². The maximum atomic E-state index is 12.1. The van der Waals surface area contributed by atoms with E-state index in [-0.39, 0.29) is 48.8 Å². The van der Waals surface area contributed by atoms with Crippen molar-refractivity contribution in [2.24, 2.45) is 16.5 Å². The van der Waals surface area contributed by atoms with Crippen molar-refractivity contribution in [3.63, 3.8) is 0 Å². The summed E-state index contributed by atoms with van der Waals surface area (Å²) in [5, 5.41) is 5.11. The Bertz CT molecular complexity index is 887. The fourth-order valence-corrected chi connectivity index (χ4v) is 2.13. The first-order valence-corrected chi connectivity index (χ1v) is 8.20. The van der Waals surface area contributed by atoms with Crippen LogP contribution in [0, 0.1) is 0 Å². The molecule has 8 nitrogen and oxygen atoms in total. The molecule has 0 spiro atoms. The molecule has 162 valence electrons. The molecule has 0 aromatic heterocycles. The lowest BCUT2D eigenvalue weighted by molar-refractivity contribution is -0.274. The van der Waals surface area contributed by atoms with Gasteiger partial charge >= 0.3 is 6.36 Å². The monoisotopic (exact) mass is 537 g/mol. The lowest BCUT2D eigenvalue weighted by Gasteiger charge is -2.10. The summed E-state index contributed by atoms with van der Waals surface area (Å²) >= 11 is 0. The van der Waals surface area contributed by atoms with Crippen molar-refractivity contribution in [3.8, 4) is 5.75 Å². The predicted molar refractivity (Wildman–Crippen MR) is 115 cm³/mol. The number of nitrogens with one attached hydrogen (secondary N) is 2. The van der Waals surface area contributed by atoms with Crippen LogP contribution in [0.15, 0.2) is 53.5 Å². The Morgan fingerprint density at radius 1 is 1.00 bits per heavy atom. The van der Waals surface area contributed by atoms with E-state index in [1.54, 1.807) is 24.3 Å². The average Bonchev–Trinajstić information content (AvgIpc) is 2.65. The fourth-order valence-electron chi connectivity index (χ4n) is 2.13. The van der Waals surface area contributed by atoms with E-state index in [1.165, 1.54) is 12.1 Å². The number of rotatable bonds is 7. The maximum absolute atomic E-state index is 12.1. The van der Waals surface area contributed by atoms with Gasteiger partial charge in [0.2, 0.25) is 5.91 Å². The van der Waals surface area contributed by atoms with E-state index in [1.807, 2.05) is 0 Å². The Balaban J connectivity index is 0.00000450. The number of anilines is 1. The van der Waals surface area contributed by atoms with E-state index >= 15 is 0 Å². The molecule has 0 heterocycles. The first kappa shape index (κ1) is 25.0. The Morgan fingerprint density at radius 3 is 2.13 bits per heavy atom. The second-order valence-electron chi connectivity index (χ2n) is 5.74. The predicted octanol–water partition coefficient (Wildman–Crippen LogP) is 2.35. The van der Waals surface area contributed by atoms with Gasteiger partial charge in [-0.1, -0.05) is 12.1 Å². The number of primary amides is 1. The quantitative estimate of drug-likeness (QED) is 0.245. The van der Waals surface area contributed by atoms with Gasteiger partial charge in [-0.3, -0.25) is 9.59 Å². The van der Waals surface area contributed by atoms with Crippen molar-refractivity contribution in [2.45, 2.75) is 12.9 Å². The van der Waals surface area contributed by atoms with Crippen molar-refractivity contribution < 1.29 is 27.5 Å². The van der Waals surface area contributed by atoms with Crippen LogP contribution in [0.3, 0.4) is 0 Å². The number of carbonyl (C=O) groups excluding carboxylic acids is 2. The minimum Gasteiger partial charge on any atom is -0.406 e. The van der Waals surface area contributed by atoms with E-state index in [0.29, 0.717) is 11.3 Å². The highest BCUT2D eigenvalue weighted by Gasteiger charge is 2.30. The van der Waals surface area contributed by atoms with Crippen LogP contribution < -0.4 is 26.8 Å². The van der Waals surface area contributed by atoms with Gasteiger partial charge in [-0.05, 0) is 42.0 Å². The normalized spacial score (nSPS) is 11.2. The smallest absolute Gasteiger partial charge is 0.406 e. The molecule has 0 fully saturated rings. The van der Waals surface area contributed by atoms with Gasteiger partial charge in [-0.25, -0.2) is 4.99 Å². The molecule has 12 heteroatoms. The first-order chi connectivity index (χ1) is 13.6. The summed E-state index contributed by atoms with van der Waals surface area (Å²) in [5.74, 6) is -1.37. The molecule has 2 rings (SSSR count). The summed E-state index contributed by atoms with van der Waals surface area (Å²) < 4.78 is 40.2. The van der Waals surface area contributed by atoms with E-state index < -0.39 is 18.2 Å². The van der Waals surface area contributed by atoms with Crippen LogP contribution in [-0.2, 0) is 11.3 Å². The van der Waals surface area contributed by atoms with Crippen molar-refractivity contribution in [2.75, 3.05) is 11.9 Å². The summed E-state index contributed by atoms with van der Waals surface area (Å²) in [6.45, 7) is -0.0479. The Hall–Kier alpha value is -3.03. The summed E-state index contributed by atoms with van der Waals surface area (Å²) in [5.41, 5.74) is 12.3. The zero-order valence-electron chi connectivity index (χ0n) is 15.4.